The van der Waals surface area contributed by atoms with E-state index in [0.29, 0.717) is 10.2 Å². The lowest BCUT2D eigenvalue weighted by Crippen LogP contribution is -1.97. The van der Waals surface area contributed by atoms with Gasteiger partial charge >= 0.3 is 0 Å². The van der Waals surface area contributed by atoms with Gasteiger partial charge < -0.3 is 0 Å². The van der Waals surface area contributed by atoms with Gasteiger partial charge in [-0.05, 0) is 35.0 Å². The first kappa shape index (κ1) is 13.3. The van der Waals surface area contributed by atoms with Crippen molar-refractivity contribution in [3.63, 3.8) is 0 Å². The van der Waals surface area contributed by atoms with Crippen LogP contribution in [0.2, 0.25) is 5.15 Å². The molecule has 2 aromatic rings. The van der Waals surface area contributed by atoms with Crippen molar-refractivity contribution in [2.24, 2.45) is 0 Å². The number of benzene rings is 1. The molecule has 94 valence electrons. The summed E-state index contributed by atoms with van der Waals surface area (Å²) in [7, 11) is 0. The Labute approximate surface area is 114 Å². The molecule has 0 bridgehead atoms. The molecular formula is C11H5BrClF3N2. The zero-order chi connectivity index (χ0) is 13.4. The molecule has 18 heavy (non-hydrogen) atoms. The maximum Gasteiger partial charge on any atom is 0.194 e. The van der Waals surface area contributed by atoms with Gasteiger partial charge in [-0.2, -0.15) is 0 Å². The first-order valence-electron chi connectivity index (χ1n) is 4.74. The molecule has 1 aromatic carbocycles. The average molecular weight is 338 g/mol. The number of aryl methyl sites for hydroxylation is 1. The second kappa shape index (κ2) is 4.85. The van der Waals surface area contributed by atoms with E-state index in [1.54, 1.807) is 6.92 Å². The molecule has 7 heteroatoms. The van der Waals surface area contributed by atoms with Crippen LogP contribution in [0.1, 0.15) is 5.69 Å². The topological polar surface area (TPSA) is 25.8 Å². The maximum absolute atomic E-state index is 13.1. The molecule has 0 aliphatic heterocycles. The standard InChI is InChI=1S/C11H5BrClF3N2/c1-4-8(12)10(13)18-11(17-4)5-2-6(14)9(16)7(15)3-5/h2-3H,1H3. The van der Waals surface area contributed by atoms with Crippen molar-refractivity contribution < 1.29 is 13.2 Å². The minimum atomic E-state index is -1.53. The summed E-state index contributed by atoms with van der Waals surface area (Å²) in [6.07, 6.45) is 0. The normalized spacial score (nSPS) is 10.8. The summed E-state index contributed by atoms with van der Waals surface area (Å²) < 4.78 is 39.5. The fraction of sp³-hybridized carbons (Fsp3) is 0.0909. The molecule has 0 saturated heterocycles. The largest absolute Gasteiger partial charge is 0.232 e. The first-order valence-corrected chi connectivity index (χ1v) is 5.92. The Bertz CT molecular complexity index is 532. The monoisotopic (exact) mass is 336 g/mol. The van der Waals surface area contributed by atoms with E-state index in [-0.39, 0.29) is 16.5 Å². The molecule has 2 rings (SSSR count). The number of hydrogen-bond donors (Lipinski definition) is 0. The van der Waals surface area contributed by atoms with E-state index in [1.165, 1.54) is 0 Å². The Hall–Kier alpha value is -1.14. The molecule has 2 nitrogen and oxygen atoms in total. The van der Waals surface area contributed by atoms with Crippen molar-refractivity contribution in [1.82, 2.24) is 9.97 Å². The van der Waals surface area contributed by atoms with Crippen LogP contribution in [0.15, 0.2) is 16.6 Å². The molecule has 1 heterocycles. The Balaban J connectivity index is 2.63. The van der Waals surface area contributed by atoms with E-state index in [9.17, 15) is 13.2 Å². The van der Waals surface area contributed by atoms with Gasteiger partial charge in [0.05, 0.1) is 10.2 Å². The van der Waals surface area contributed by atoms with Gasteiger partial charge in [-0.15, -0.1) is 0 Å². The quantitative estimate of drug-likeness (QED) is 0.573. The van der Waals surface area contributed by atoms with Crippen LogP contribution in [-0.4, -0.2) is 9.97 Å². The lowest BCUT2D eigenvalue weighted by atomic mass is 10.2. The SMILES string of the molecule is Cc1nc(-c2cc(F)c(F)c(F)c2)nc(Cl)c1Br. The van der Waals surface area contributed by atoms with Crippen LogP contribution < -0.4 is 0 Å². The zero-order valence-electron chi connectivity index (χ0n) is 8.94. The molecule has 0 unspecified atom stereocenters. The molecule has 0 spiro atoms. The summed E-state index contributed by atoms with van der Waals surface area (Å²) in [5, 5.41) is 0.114. The maximum atomic E-state index is 13.1. The number of hydrogen-bond acceptors (Lipinski definition) is 2. The van der Waals surface area contributed by atoms with Gasteiger partial charge in [0.25, 0.3) is 0 Å². The van der Waals surface area contributed by atoms with Crippen LogP contribution >= 0.6 is 27.5 Å². The van der Waals surface area contributed by atoms with Crippen molar-refractivity contribution in [3.05, 3.63) is 44.9 Å². The van der Waals surface area contributed by atoms with Crippen LogP contribution in [0, 0.1) is 24.4 Å². The molecular weight excluding hydrogens is 332 g/mol. The van der Waals surface area contributed by atoms with Crippen LogP contribution in [0.25, 0.3) is 11.4 Å². The van der Waals surface area contributed by atoms with E-state index in [4.69, 9.17) is 11.6 Å². The molecule has 1 aromatic heterocycles. The second-order valence-electron chi connectivity index (χ2n) is 3.49. The Kier molecular flexibility index (Phi) is 3.59. The molecule has 0 atom stereocenters. The zero-order valence-corrected chi connectivity index (χ0v) is 11.3. The summed E-state index contributed by atoms with van der Waals surface area (Å²) in [6.45, 7) is 1.65. The molecule has 0 amide bonds. The molecule has 0 fully saturated rings. The third kappa shape index (κ3) is 2.35. The van der Waals surface area contributed by atoms with Crippen LogP contribution in [0.3, 0.4) is 0 Å². The number of halogens is 5. The fourth-order valence-corrected chi connectivity index (χ4v) is 1.73. The minimum Gasteiger partial charge on any atom is -0.232 e. The van der Waals surface area contributed by atoms with Crippen molar-refractivity contribution in [2.45, 2.75) is 6.92 Å². The summed E-state index contributed by atoms with van der Waals surface area (Å²) in [4.78, 5) is 7.88. The summed E-state index contributed by atoms with van der Waals surface area (Å²) in [6, 6.07) is 1.63. The summed E-state index contributed by atoms with van der Waals surface area (Å²) in [5.41, 5.74) is 0.527. The van der Waals surface area contributed by atoms with E-state index < -0.39 is 17.5 Å². The lowest BCUT2D eigenvalue weighted by Gasteiger charge is -2.06. The number of rotatable bonds is 1. The fourth-order valence-electron chi connectivity index (χ4n) is 1.34. The predicted molar refractivity (Wildman–Crippen MR) is 64.8 cm³/mol. The van der Waals surface area contributed by atoms with Gasteiger partial charge in [0.15, 0.2) is 23.3 Å². The van der Waals surface area contributed by atoms with Crippen molar-refractivity contribution in [3.8, 4) is 11.4 Å². The summed E-state index contributed by atoms with van der Waals surface area (Å²) in [5.74, 6) is -4.10. The van der Waals surface area contributed by atoms with Crippen molar-refractivity contribution >= 4 is 27.5 Å². The molecule has 0 radical (unpaired) electrons. The van der Waals surface area contributed by atoms with Crippen molar-refractivity contribution in [1.29, 1.82) is 0 Å². The van der Waals surface area contributed by atoms with Gasteiger partial charge in [-0.1, -0.05) is 11.6 Å². The molecule has 0 aliphatic carbocycles. The van der Waals surface area contributed by atoms with E-state index >= 15 is 0 Å². The highest BCUT2D eigenvalue weighted by atomic mass is 79.9. The Morgan fingerprint density at radius 3 is 2.17 bits per heavy atom. The highest BCUT2D eigenvalue weighted by Crippen LogP contribution is 2.27. The average Bonchev–Trinajstić information content (AvgIpc) is 2.31. The second-order valence-corrected chi connectivity index (χ2v) is 4.64. The predicted octanol–water partition coefficient (Wildman–Crippen LogP) is 4.29. The third-order valence-corrected chi connectivity index (χ3v) is 3.67. The Morgan fingerprint density at radius 2 is 1.67 bits per heavy atom. The van der Waals surface area contributed by atoms with E-state index in [1.807, 2.05) is 0 Å². The van der Waals surface area contributed by atoms with E-state index in [2.05, 4.69) is 25.9 Å². The summed E-state index contributed by atoms with van der Waals surface area (Å²) >= 11 is 8.98. The van der Waals surface area contributed by atoms with Gasteiger partial charge in [-0.3, -0.25) is 0 Å². The van der Waals surface area contributed by atoms with Crippen LogP contribution in [0.5, 0.6) is 0 Å². The van der Waals surface area contributed by atoms with Crippen molar-refractivity contribution in [2.75, 3.05) is 0 Å². The van der Waals surface area contributed by atoms with Gasteiger partial charge in [0, 0.05) is 5.56 Å². The van der Waals surface area contributed by atoms with E-state index in [0.717, 1.165) is 12.1 Å². The van der Waals surface area contributed by atoms with Crippen LogP contribution in [0.4, 0.5) is 13.2 Å². The third-order valence-electron chi connectivity index (χ3n) is 2.22. The van der Waals surface area contributed by atoms with Gasteiger partial charge in [0.2, 0.25) is 0 Å². The first-order chi connectivity index (χ1) is 8.40. The smallest absolute Gasteiger partial charge is 0.194 e. The van der Waals surface area contributed by atoms with Crippen LogP contribution in [-0.2, 0) is 0 Å². The van der Waals surface area contributed by atoms with Gasteiger partial charge in [-0.25, -0.2) is 23.1 Å². The number of nitrogens with zero attached hydrogens (tertiary/aromatic N) is 2. The highest BCUT2D eigenvalue weighted by molar-refractivity contribution is 9.10. The highest BCUT2D eigenvalue weighted by Gasteiger charge is 2.15. The lowest BCUT2D eigenvalue weighted by molar-refractivity contribution is 0.447. The minimum absolute atomic E-state index is 0.0175. The molecule has 0 saturated carbocycles. The Morgan fingerprint density at radius 1 is 1.11 bits per heavy atom. The molecule has 0 aliphatic rings. The van der Waals surface area contributed by atoms with Gasteiger partial charge in [0.1, 0.15) is 5.15 Å². The molecule has 0 N–H and O–H groups in total. The number of aromatic nitrogens is 2.